The van der Waals surface area contributed by atoms with E-state index in [1.54, 1.807) is 6.92 Å². The Morgan fingerprint density at radius 2 is 2.19 bits per heavy atom. The van der Waals surface area contributed by atoms with E-state index in [0.29, 0.717) is 26.0 Å². The molecule has 2 N–H and O–H groups in total. The Bertz CT molecular complexity index is 470. The molecule has 0 aromatic carbocycles. The molecule has 0 aromatic heterocycles. The SMILES string of the molecule is CCOC(=O)C1CCCN1S(=O)(=O)N1CCOC(CN)C1. The third kappa shape index (κ3) is 3.54. The molecule has 2 rings (SSSR count). The summed E-state index contributed by atoms with van der Waals surface area (Å²) < 4.78 is 38.4. The minimum absolute atomic E-state index is 0.227. The fraction of sp³-hybridized carbons (Fsp3) is 0.917. The van der Waals surface area contributed by atoms with Crippen molar-refractivity contribution in [2.45, 2.75) is 31.9 Å². The monoisotopic (exact) mass is 321 g/mol. The second kappa shape index (κ2) is 7.01. The van der Waals surface area contributed by atoms with Crippen molar-refractivity contribution in [3.63, 3.8) is 0 Å². The van der Waals surface area contributed by atoms with E-state index in [4.69, 9.17) is 15.2 Å². The Balaban J connectivity index is 2.12. The lowest BCUT2D eigenvalue weighted by Crippen LogP contribution is -2.54. The van der Waals surface area contributed by atoms with E-state index >= 15 is 0 Å². The molecule has 9 heteroatoms. The summed E-state index contributed by atoms with van der Waals surface area (Å²) in [6.45, 7) is 3.40. The van der Waals surface area contributed by atoms with Crippen LogP contribution in [-0.2, 0) is 24.5 Å². The molecule has 21 heavy (non-hydrogen) atoms. The lowest BCUT2D eigenvalue weighted by Gasteiger charge is -2.35. The largest absolute Gasteiger partial charge is 0.465 e. The van der Waals surface area contributed by atoms with Crippen molar-refractivity contribution in [3.8, 4) is 0 Å². The molecule has 8 nitrogen and oxygen atoms in total. The first-order valence-corrected chi connectivity index (χ1v) is 8.65. The van der Waals surface area contributed by atoms with E-state index in [1.165, 1.54) is 8.61 Å². The first-order valence-electron chi connectivity index (χ1n) is 7.26. The van der Waals surface area contributed by atoms with Gasteiger partial charge in [0.2, 0.25) is 0 Å². The van der Waals surface area contributed by atoms with Gasteiger partial charge in [0.25, 0.3) is 10.2 Å². The smallest absolute Gasteiger partial charge is 0.324 e. The molecule has 122 valence electrons. The molecule has 0 aromatic rings. The zero-order valence-electron chi connectivity index (χ0n) is 12.2. The molecule has 2 saturated heterocycles. The van der Waals surface area contributed by atoms with E-state index in [9.17, 15) is 13.2 Å². The molecule has 0 saturated carbocycles. The average Bonchev–Trinajstić information content (AvgIpc) is 2.98. The average molecular weight is 321 g/mol. The minimum atomic E-state index is -3.69. The second-order valence-electron chi connectivity index (χ2n) is 5.12. The van der Waals surface area contributed by atoms with Crippen molar-refractivity contribution < 1.29 is 22.7 Å². The van der Waals surface area contributed by atoms with Gasteiger partial charge in [-0.3, -0.25) is 4.79 Å². The van der Waals surface area contributed by atoms with E-state index in [2.05, 4.69) is 0 Å². The predicted molar refractivity (Wildman–Crippen MR) is 75.6 cm³/mol. The van der Waals surface area contributed by atoms with Crippen LogP contribution in [0.3, 0.4) is 0 Å². The maximum atomic E-state index is 12.7. The molecule has 0 amide bonds. The van der Waals surface area contributed by atoms with Gasteiger partial charge in [-0.15, -0.1) is 0 Å². The van der Waals surface area contributed by atoms with Crippen LogP contribution in [0.2, 0.25) is 0 Å². The van der Waals surface area contributed by atoms with E-state index in [-0.39, 0.29) is 32.3 Å². The van der Waals surface area contributed by atoms with Crippen molar-refractivity contribution in [1.29, 1.82) is 0 Å². The fourth-order valence-corrected chi connectivity index (χ4v) is 4.51. The molecule has 0 spiro atoms. The van der Waals surface area contributed by atoms with Crippen LogP contribution in [0.1, 0.15) is 19.8 Å². The number of hydrogen-bond acceptors (Lipinski definition) is 6. The second-order valence-corrected chi connectivity index (χ2v) is 7.00. The van der Waals surface area contributed by atoms with Crippen LogP contribution in [-0.4, -0.2) is 74.5 Å². The Kier molecular flexibility index (Phi) is 5.55. The summed E-state index contributed by atoms with van der Waals surface area (Å²) in [4.78, 5) is 11.9. The van der Waals surface area contributed by atoms with Gasteiger partial charge in [0.15, 0.2) is 0 Å². The van der Waals surface area contributed by atoms with Crippen LogP contribution in [0.5, 0.6) is 0 Å². The number of carbonyl (C=O) groups is 1. The minimum Gasteiger partial charge on any atom is -0.465 e. The standard InChI is InChI=1S/C12H23N3O5S/c1-2-19-12(16)11-4-3-5-15(11)21(17,18)14-6-7-20-10(8-13)9-14/h10-11H,2-9,13H2,1H3. The number of nitrogens with zero attached hydrogens (tertiary/aromatic N) is 2. The van der Waals surface area contributed by atoms with Gasteiger partial charge in [0.05, 0.1) is 19.3 Å². The van der Waals surface area contributed by atoms with Crippen LogP contribution < -0.4 is 5.73 Å². The number of esters is 1. The van der Waals surface area contributed by atoms with Crippen molar-refractivity contribution in [1.82, 2.24) is 8.61 Å². The number of ether oxygens (including phenoxy) is 2. The summed E-state index contributed by atoms with van der Waals surface area (Å²) >= 11 is 0. The van der Waals surface area contributed by atoms with Gasteiger partial charge < -0.3 is 15.2 Å². The van der Waals surface area contributed by atoms with E-state index in [0.717, 1.165) is 0 Å². The molecule has 2 heterocycles. The van der Waals surface area contributed by atoms with Crippen LogP contribution >= 0.6 is 0 Å². The van der Waals surface area contributed by atoms with Gasteiger partial charge in [0.1, 0.15) is 6.04 Å². The Morgan fingerprint density at radius 3 is 2.86 bits per heavy atom. The van der Waals surface area contributed by atoms with Gasteiger partial charge >= 0.3 is 5.97 Å². The molecule has 2 unspecified atom stereocenters. The third-order valence-corrected chi connectivity index (χ3v) is 5.76. The molecule has 0 bridgehead atoms. The summed E-state index contributed by atoms with van der Waals surface area (Å²) in [5.74, 6) is -0.470. The van der Waals surface area contributed by atoms with Crippen LogP contribution in [0.4, 0.5) is 0 Å². The fourth-order valence-electron chi connectivity index (χ4n) is 2.68. The number of carbonyl (C=O) groups excluding carboxylic acids is 1. The summed E-state index contributed by atoms with van der Waals surface area (Å²) in [6.07, 6.45) is 0.869. The molecular formula is C12H23N3O5S. The van der Waals surface area contributed by atoms with Crippen molar-refractivity contribution in [2.75, 3.05) is 39.4 Å². The lowest BCUT2D eigenvalue weighted by molar-refractivity contribution is -0.147. The summed E-state index contributed by atoms with van der Waals surface area (Å²) in [5.41, 5.74) is 5.54. The van der Waals surface area contributed by atoms with Crippen LogP contribution in [0.15, 0.2) is 0 Å². The van der Waals surface area contributed by atoms with Gasteiger partial charge in [-0.2, -0.15) is 17.0 Å². The van der Waals surface area contributed by atoms with Gasteiger partial charge in [-0.1, -0.05) is 0 Å². The topological polar surface area (TPSA) is 102 Å². The Labute approximate surface area is 125 Å². The zero-order valence-corrected chi connectivity index (χ0v) is 13.0. The highest BCUT2D eigenvalue weighted by atomic mass is 32.2. The van der Waals surface area contributed by atoms with Crippen molar-refractivity contribution in [3.05, 3.63) is 0 Å². The zero-order chi connectivity index (χ0) is 15.5. The number of rotatable bonds is 5. The Hall–Kier alpha value is -0.740. The summed E-state index contributed by atoms with van der Waals surface area (Å²) in [6, 6.07) is -0.714. The maximum Gasteiger partial charge on any atom is 0.324 e. The van der Waals surface area contributed by atoms with E-state index < -0.39 is 22.2 Å². The van der Waals surface area contributed by atoms with Gasteiger partial charge in [-0.05, 0) is 19.8 Å². The molecule has 0 radical (unpaired) electrons. The van der Waals surface area contributed by atoms with Crippen LogP contribution in [0.25, 0.3) is 0 Å². The molecule has 2 aliphatic rings. The van der Waals surface area contributed by atoms with Gasteiger partial charge in [0, 0.05) is 26.2 Å². The lowest BCUT2D eigenvalue weighted by atomic mass is 10.2. The quantitative estimate of drug-likeness (QED) is 0.646. The highest BCUT2D eigenvalue weighted by Gasteiger charge is 2.43. The molecule has 2 fully saturated rings. The van der Waals surface area contributed by atoms with Crippen molar-refractivity contribution in [2.24, 2.45) is 5.73 Å². The number of morpholine rings is 1. The molecular weight excluding hydrogens is 298 g/mol. The number of hydrogen-bond donors (Lipinski definition) is 1. The first-order chi connectivity index (χ1) is 10.0. The summed E-state index contributed by atoms with van der Waals surface area (Å²) in [5, 5.41) is 0. The van der Waals surface area contributed by atoms with Gasteiger partial charge in [-0.25, -0.2) is 0 Å². The molecule has 2 atom stereocenters. The number of nitrogens with two attached hydrogens (primary N) is 1. The van der Waals surface area contributed by atoms with E-state index in [1.807, 2.05) is 0 Å². The molecule has 2 aliphatic heterocycles. The molecule has 0 aliphatic carbocycles. The van der Waals surface area contributed by atoms with Crippen molar-refractivity contribution >= 4 is 16.2 Å². The Morgan fingerprint density at radius 1 is 1.43 bits per heavy atom. The maximum absolute atomic E-state index is 12.7. The highest BCUT2D eigenvalue weighted by Crippen LogP contribution is 2.25. The predicted octanol–water partition coefficient (Wildman–Crippen LogP) is -1.08. The first kappa shape index (κ1) is 16.6. The summed E-state index contributed by atoms with van der Waals surface area (Å²) in [7, 11) is -3.69. The normalized spacial score (nSPS) is 28.7. The third-order valence-electron chi connectivity index (χ3n) is 3.75. The highest BCUT2D eigenvalue weighted by molar-refractivity contribution is 7.86. The van der Waals surface area contributed by atoms with Crippen LogP contribution in [0, 0.1) is 0 Å².